The highest BCUT2D eigenvalue weighted by molar-refractivity contribution is 5.77. The highest BCUT2D eigenvalue weighted by Gasteiger charge is 2.05. The summed E-state index contributed by atoms with van der Waals surface area (Å²) in [5.74, 6) is -0.0560. The molecule has 0 spiro atoms. The van der Waals surface area contributed by atoms with Crippen LogP contribution in [0.5, 0.6) is 0 Å². The van der Waals surface area contributed by atoms with E-state index in [4.69, 9.17) is 0 Å². The minimum atomic E-state index is -0.0560. The molecule has 0 aliphatic heterocycles. The molecule has 0 aliphatic rings. The van der Waals surface area contributed by atoms with Gasteiger partial charge in [0.15, 0.2) is 0 Å². The number of amides is 1. The Hall–Kier alpha value is -2.10. The third kappa shape index (κ3) is 3.45. The molecule has 0 fully saturated rings. The van der Waals surface area contributed by atoms with Crippen LogP contribution in [0.1, 0.15) is 16.8 Å². The van der Waals surface area contributed by atoms with Crippen LogP contribution in [0.15, 0.2) is 41.1 Å². The molecule has 1 aromatic carbocycles. The molecule has 2 rings (SSSR count). The fourth-order valence-electron chi connectivity index (χ4n) is 1.46. The highest BCUT2D eigenvalue weighted by Crippen LogP contribution is 2.02. The van der Waals surface area contributed by atoms with Gasteiger partial charge in [-0.15, -0.1) is 0 Å². The Bertz CT molecular complexity index is 475. The minimum Gasteiger partial charge on any atom is -0.364 e. The van der Waals surface area contributed by atoms with Gasteiger partial charge in [0.2, 0.25) is 5.91 Å². The molecule has 0 unspecified atom stereocenters. The van der Waals surface area contributed by atoms with Crippen molar-refractivity contribution in [3.63, 3.8) is 0 Å². The van der Waals surface area contributed by atoms with Gasteiger partial charge in [0, 0.05) is 12.6 Å². The van der Waals surface area contributed by atoms with Crippen LogP contribution in [0.25, 0.3) is 0 Å². The second-order valence-corrected chi connectivity index (χ2v) is 3.93. The van der Waals surface area contributed by atoms with Crippen LogP contribution in [0.2, 0.25) is 0 Å². The first-order valence-corrected chi connectivity index (χ1v) is 5.45. The molecular formula is C13H14N2O2. The number of hydrogen-bond donors (Lipinski definition) is 1. The van der Waals surface area contributed by atoms with Gasteiger partial charge in [-0.1, -0.05) is 35.0 Å². The number of nitrogens with one attached hydrogen (secondary N) is 1. The van der Waals surface area contributed by atoms with Crippen molar-refractivity contribution in [3.8, 4) is 0 Å². The molecule has 2 aromatic rings. The average molecular weight is 230 g/mol. The van der Waals surface area contributed by atoms with Gasteiger partial charge in [-0.25, -0.2) is 0 Å². The lowest BCUT2D eigenvalue weighted by Crippen LogP contribution is -2.24. The summed E-state index contributed by atoms with van der Waals surface area (Å²) >= 11 is 0. The van der Waals surface area contributed by atoms with Crippen molar-refractivity contribution in [3.05, 3.63) is 53.4 Å². The molecule has 17 heavy (non-hydrogen) atoms. The smallest absolute Gasteiger partial charge is 0.226 e. The van der Waals surface area contributed by atoms with Gasteiger partial charge in [-0.3, -0.25) is 4.79 Å². The first kappa shape index (κ1) is 11.4. The Balaban J connectivity index is 1.82. The molecular weight excluding hydrogens is 216 g/mol. The minimum absolute atomic E-state index is 0.0560. The molecule has 1 aromatic heterocycles. The Morgan fingerprint density at radius 1 is 1.29 bits per heavy atom. The standard InChI is InChI=1S/C13H14N2O2/c1-10-2-4-11(5-3-10)9-14-13(16)8-12-6-7-17-15-12/h2-7H,8-9H2,1H3,(H,14,16). The summed E-state index contributed by atoms with van der Waals surface area (Å²) in [4.78, 5) is 11.6. The van der Waals surface area contributed by atoms with Crippen molar-refractivity contribution < 1.29 is 9.32 Å². The maximum absolute atomic E-state index is 11.6. The molecule has 4 nitrogen and oxygen atoms in total. The SMILES string of the molecule is Cc1ccc(CNC(=O)Cc2ccon2)cc1. The van der Waals surface area contributed by atoms with Gasteiger partial charge in [0.05, 0.1) is 12.1 Å². The molecule has 0 saturated carbocycles. The van der Waals surface area contributed by atoms with Gasteiger partial charge in [0.1, 0.15) is 6.26 Å². The summed E-state index contributed by atoms with van der Waals surface area (Å²) in [6.45, 7) is 2.57. The van der Waals surface area contributed by atoms with E-state index < -0.39 is 0 Å². The lowest BCUT2D eigenvalue weighted by atomic mass is 10.1. The Morgan fingerprint density at radius 2 is 2.06 bits per heavy atom. The van der Waals surface area contributed by atoms with Crippen molar-refractivity contribution in [1.82, 2.24) is 10.5 Å². The summed E-state index contributed by atoms with van der Waals surface area (Å²) in [6, 6.07) is 9.75. The first-order chi connectivity index (χ1) is 8.24. The molecule has 4 heteroatoms. The van der Waals surface area contributed by atoms with Crippen LogP contribution in [0.3, 0.4) is 0 Å². The maximum Gasteiger partial charge on any atom is 0.226 e. The zero-order valence-corrected chi connectivity index (χ0v) is 9.64. The topological polar surface area (TPSA) is 55.1 Å². The number of hydrogen-bond acceptors (Lipinski definition) is 3. The molecule has 0 radical (unpaired) electrons. The quantitative estimate of drug-likeness (QED) is 0.872. The van der Waals surface area contributed by atoms with E-state index in [1.54, 1.807) is 6.07 Å². The Morgan fingerprint density at radius 3 is 2.71 bits per heavy atom. The predicted octanol–water partition coefficient (Wildman–Crippen LogP) is 1.84. The summed E-state index contributed by atoms with van der Waals surface area (Å²) in [5.41, 5.74) is 2.94. The van der Waals surface area contributed by atoms with Crippen LogP contribution < -0.4 is 5.32 Å². The van der Waals surface area contributed by atoms with E-state index in [0.29, 0.717) is 12.2 Å². The van der Waals surface area contributed by atoms with Crippen LogP contribution in [0.4, 0.5) is 0 Å². The zero-order valence-electron chi connectivity index (χ0n) is 9.64. The van der Waals surface area contributed by atoms with Gasteiger partial charge >= 0.3 is 0 Å². The molecule has 0 bridgehead atoms. The summed E-state index contributed by atoms with van der Waals surface area (Å²) < 4.78 is 4.66. The Kier molecular flexibility index (Phi) is 3.55. The molecule has 1 amide bonds. The van der Waals surface area contributed by atoms with E-state index >= 15 is 0 Å². The van der Waals surface area contributed by atoms with E-state index in [0.717, 1.165) is 5.56 Å². The summed E-state index contributed by atoms with van der Waals surface area (Å²) in [6.07, 6.45) is 1.71. The predicted molar refractivity (Wildman–Crippen MR) is 63.2 cm³/mol. The molecule has 1 heterocycles. The van der Waals surface area contributed by atoms with E-state index in [9.17, 15) is 4.79 Å². The number of rotatable bonds is 4. The molecule has 1 N–H and O–H groups in total. The number of nitrogens with zero attached hydrogens (tertiary/aromatic N) is 1. The number of aromatic nitrogens is 1. The molecule has 0 aliphatic carbocycles. The third-order valence-corrected chi connectivity index (χ3v) is 2.44. The molecule has 0 saturated heterocycles. The highest BCUT2D eigenvalue weighted by atomic mass is 16.5. The average Bonchev–Trinajstić information content (AvgIpc) is 2.81. The number of aryl methyl sites for hydroxylation is 1. The van der Waals surface area contributed by atoms with Crippen molar-refractivity contribution in [1.29, 1.82) is 0 Å². The fraction of sp³-hybridized carbons (Fsp3) is 0.231. The summed E-state index contributed by atoms with van der Waals surface area (Å²) in [7, 11) is 0. The van der Waals surface area contributed by atoms with Crippen molar-refractivity contribution >= 4 is 5.91 Å². The second-order valence-electron chi connectivity index (χ2n) is 3.93. The van der Waals surface area contributed by atoms with E-state index in [2.05, 4.69) is 15.0 Å². The number of carbonyl (C=O) groups is 1. The Labute approximate surface area is 99.6 Å². The largest absolute Gasteiger partial charge is 0.364 e. The fourth-order valence-corrected chi connectivity index (χ4v) is 1.46. The zero-order chi connectivity index (χ0) is 12.1. The van der Waals surface area contributed by atoms with Crippen LogP contribution in [0, 0.1) is 6.92 Å². The maximum atomic E-state index is 11.6. The molecule has 0 atom stereocenters. The lowest BCUT2D eigenvalue weighted by molar-refractivity contribution is -0.120. The second kappa shape index (κ2) is 5.30. The molecule has 88 valence electrons. The van der Waals surface area contributed by atoms with E-state index in [-0.39, 0.29) is 12.3 Å². The van der Waals surface area contributed by atoms with Crippen LogP contribution >= 0.6 is 0 Å². The van der Waals surface area contributed by atoms with Gasteiger partial charge in [-0.2, -0.15) is 0 Å². The number of carbonyl (C=O) groups excluding carboxylic acids is 1. The summed E-state index contributed by atoms with van der Waals surface area (Å²) in [5, 5.41) is 6.52. The van der Waals surface area contributed by atoms with Gasteiger partial charge < -0.3 is 9.84 Å². The number of benzene rings is 1. The van der Waals surface area contributed by atoms with Gasteiger partial charge in [-0.05, 0) is 12.5 Å². The van der Waals surface area contributed by atoms with Crippen LogP contribution in [-0.4, -0.2) is 11.1 Å². The first-order valence-electron chi connectivity index (χ1n) is 5.45. The van der Waals surface area contributed by atoms with E-state index in [1.165, 1.54) is 11.8 Å². The normalized spacial score (nSPS) is 10.2. The van der Waals surface area contributed by atoms with E-state index in [1.807, 2.05) is 31.2 Å². The van der Waals surface area contributed by atoms with Gasteiger partial charge in [0.25, 0.3) is 0 Å². The lowest BCUT2D eigenvalue weighted by Gasteiger charge is -2.04. The third-order valence-electron chi connectivity index (χ3n) is 2.44. The van der Waals surface area contributed by atoms with Crippen molar-refractivity contribution in [2.45, 2.75) is 19.9 Å². The monoisotopic (exact) mass is 230 g/mol. The van der Waals surface area contributed by atoms with Crippen molar-refractivity contribution in [2.75, 3.05) is 0 Å². The van der Waals surface area contributed by atoms with Crippen molar-refractivity contribution in [2.24, 2.45) is 0 Å². The van der Waals surface area contributed by atoms with Crippen LogP contribution in [-0.2, 0) is 17.8 Å².